The van der Waals surface area contributed by atoms with Gasteiger partial charge in [-0.2, -0.15) is 13.2 Å². The second kappa shape index (κ2) is 6.37. The Hall–Kier alpha value is -1.60. The fourth-order valence-corrected chi connectivity index (χ4v) is 3.72. The van der Waals surface area contributed by atoms with Crippen LogP contribution in [0.15, 0.2) is 30.3 Å². The van der Waals surface area contributed by atoms with Gasteiger partial charge in [0.25, 0.3) is 0 Å². The highest BCUT2D eigenvalue weighted by Gasteiger charge is 2.50. The molecule has 2 heterocycles. The fourth-order valence-electron chi connectivity index (χ4n) is 3.72. The van der Waals surface area contributed by atoms with Crippen LogP contribution >= 0.6 is 0 Å². The highest BCUT2D eigenvalue weighted by Crippen LogP contribution is 2.34. The Morgan fingerprint density at radius 1 is 1.29 bits per heavy atom. The Kier molecular flexibility index (Phi) is 4.57. The molecule has 0 aliphatic carbocycles. The number of amides is 1. The zero-order valence-corrected chi connectivity index (χ0v) is 13.6. The van der Waals surface area contributed by atoms with Crippen molar-refractivity contribution in [3.63, 3.8) is 0 Å². The van der Waals surface area contributed by atoms with E-state index in [4.69, 9.17) is 4.74 Å². The first-order valence-corrected chi connectivity index (χ1v) is 8.03. The lowest BCUT2D eigenvalue weighted by atomic mass is 9.85. The Bertz CT molecular complexity index is 593. The molecule has 0 spiro atoms. The molecule has 2 aliphatic rings. The van der Waals surface area contributed by atoms with E-state index in [2.05, 4.69) is 0 Å². The minimum Gasteiger partial charge on any atom is -0.362 e. The van der Waals surface area contributed by atoms with E-state index in [1.807, 2.05) is 37.3 Å². The fraction of sp³-hybridized carbons (Fsp3) is 0.588. The number of rotatable bonds is 3. The van der Waals surface area contributed by atoms with Crippen LogP contribution in [0.5, 0.6) is 0 Å². The van der Waals surface area contributed by atoms with Crippen LogP contribution in [0.1, 0.15) is 18.9 Å². The lowest BCUT2D eigenvalue weighted by Gasteiger charge is -2.53. The largest absolute Gasteiger partial charge is 0.401 e. The van der Waals surface area contributed by atoms with Gasteiger partial charge >= 0.3 is 6.18 Å². The molecular weight excluding hydrogens is 321 g/mol. The summed E-state index contributed by atoms with van der Waals surface area (Å²) in [5, 5.41) is 0. The number of fused-ring (bicyclic) bond motifs is 1. The summed E-state index contributed by atoms with van der Waals surface area (Å²) in [5.41, 5.74) is 0.236. The van der Waals surface area contributed by atoms with Crippen molar-refractivity contribution in [3.8, 4) is 0 Å². The van der Waals surface area contributed by atoms with Gasteiger partial charge in [0.15, 0.2) is 0 Å². The molecule has 2 fully saturated rings. The van der Waals surface area contributed by atoms with E-state index in [0.717, 1.165) is 5.56 Å². The molecular formula is C17H21F3N2O2. The van der Waals surface area contributed by atoms with Gasteiger partial charge in [0.1, 0.15) is 6.61 Å². The van der Waals surface area contributed by atoms with Gasteiger partial charge in [-0.3, -0.25) is 9.69 Å². The molecule has 132 valence electrons. The second-order valence-corrected chi connectivity index (χ2v) is 6.74. The summed E-state index contributed by atoms with van der Waals surface area (Å²) in [6.07, 6.45) is -3.75. The summed E-state index contributed by atoms with van der Waals surface area (Å²) in [6.45, 7) is 1.73. The first-order valence-electron chi connectivity index (χ1n) is 8.03. The smallest absolute Gasteiger partial charge is 0.362 e. The molecule has 0 N–H and O–H groups in total. The van der Waals surface area contributed by atoms with E-state index in [1.54, 1.807) is 4.90 Å². The molecule has 0 unspecified atom stereocenters. The van der Waals surface area contributed by atoms with Crippen LogP contribution in [0.2, 0.25) is 0 Å². The maximum Gasteiger partial charge on any atom is 0.401 e. The van der Waals surface area contributed by atoms with Crippen LogP contribution in [0.25, 0.3) is 0 Å². The minimum atomic E-state index is -4.22. The van der Waals surface area contributed by atoms with E-state index in [1.165, 1.54) is 4.90 Å². The third-order valence-electron chi connectivity index (χ3n) is 4.78. The number of ether oxygens (including phenoxy) is 1. The van der Waals surface area contributed by atoms with E-state index >= 15 is 0 Å². The van der Waals surface area contributed by atoms with Gasteiger partial charge < -0.3 is 9.64 Å². The molecule has 0 aromatic heterocycles. The lowest BCUT2D eigenvalue weighted by Crippen LogP contribution is -2.67. The van der Waals surface area contributed by atoms with Crippen LogP contribution in [-0.4, -0.2) is 59.8 Å². The molecule has 3 rings (SSSR count). The predicted molar refractivity (Wildman–Crippen MR) is 82.2 cm³/mol. The number of piperidine rings is 1. The lowest BCUT2D eigenvalue weighted by molar-refractivity contribution is -0.201. The third-order valence-corrected chi connectivity index (χ3v) is 4.78. The van der Waals surface area contributed by atoms with Crippen molar-refractivity contribution in [2.24, 2.45) is 0 Å². The number of carbonyl (C=O) groups excluding carboxylic acids is 1. The van der Waals surface area contributed by atoms with Gasteiger partial charge in [-0.05, 0) is 18.9 Å². The van der Waals surface area contributed by atoms with Crippen LogP contribution < -0.4 is 0 Å². The maximum absolute atomic E-state index is 12.7. The third kappa shape index (κ3) is 3.72. The standard InChI is InChI=1S/C17H21F3N2O2/c1-16-11-21(12-17(18,19)20)8-7-14(16)22(15(23)10-24-16)9-13-5-3-2-4-6-13/h2-6,14H,7-12H2,1H3/t14-,16-/m1/s1. The molecule has 1 aromatic rings. The average molecular weight is 342 g/mol. The van der Waals surface area contributed by atoms with E-state index in [0.29, 0.717) is 19.5 Å². The molecule has 4 nitrogen and oxygen atoms in total. The Morgan fingerprint density at radius 3 is 2.67 bits per heavy atom. The summed E-state index contributed by atoms with van der Waals surface area (Å²) in [5.74, 6) is -0.106. The zero-order valence-electron chi connectivity index (χ0n) is 13.6. The molecule has 1 aromatic carbocycles. The van der Waals surface area contributed by atoms with Crippen molar-refractivity contribution in [2.75, 3.05) is 26.2 Å². The van der Waals surface area contributed by atoms with Crippen LogP contribution in [0.4, 0.5) is 13.2 Å². The molecule has 2 saturated heterocycles. The van der Waals surface area contributed by atoms with E-state index < -0.39 is 18.3 Å². The van der Waals surface area contributed by atoms with Gasteiger partial charge in [0.05, 0.1) is 18.2 Å². The maximum atomic E-state index is 12.7. The molecule has 0 bridgehead atoms. The summed E-state index contributed by atoms with van der Waals surface area (Å²) >= 11 is 0. The summed E-state index contributed by atoms with van der Waals surface area (Å²) < 4.78 is 43.7. The Balaban J connectivity index is 1.75. The first kappa shape index (κ1) is 17.2. The van der Waals surface area contributed by atoms with E-state index in [9.17, 15) is 18.0 Å². The van der Waals surface area contributed by atoms with Crippen LogP contribution in [0, 0.1) is 0 Å². The van der Waals surface area contributed by atoms with Crippen molar-refractivity contribution in [2.45, 2.75) is 37.7 Å². The molecule has 0 radical (unpaired) electrons. The number of nitrogens with zero attached hydrogens (tertiary/aromatic N) is 2. The number of morpholine rings is 1. The number of hydrogen-bond donors (Lipinski definition) is 0. The normalized spacial score (nSPS) is 28.8. The Labute approximate surface area is 139 Å². The molecule has 2 atom stereocenters. The average Bonchev–Trinajstić information content (AvgIpc) is 2.50. The van der Waals surface area contributed by atoms with Crippen LogP contribution in [0.3, 0.4) is 0 Å². The molecule has 1 amide bonds. The summed E-state index contributed by atoms with van der Waals surface area (Å²) in [4.78, 5) is 15.4. The SMILES string of the molecule is C[C@@]12CN(CC(F)(F)F)CC[C@H]1N(Cc1ccccc1)C(=O)CO2. The van der Waals surface area contributed by atoms with Gasteiger partial charge in [-0.25, -0.2) is 0 Å². The first-order chi connectivity index (χ1) is 11.3. The number of alkyl halides is 3. The highest BCUT2D eigenvalue weighted by molar-refractivity contribution is 5.79. The van der Waals surface area contributed by atoms with Gasteiger partial charge in [-0.1, -0.05) is 30.3 Å². The summed E-state index contributed by atoms with van der Waals surface area (Å²) in [6, 6.07) is 9.40. The molecule has 0 saturated carbocycles. The van der Waals surface area contributed by atoms with Gasteiger partial charge in [0.2, 0.25) is 5.91 Å². The number of halogens is 3. The van der Waals surface area contributed by atoms with E-state index in [-0.39, 0.29) is 25.1 Å². The molecule has 7 heteroatoms. The van der Waals surface area contributed by atoms with Gasteiger partial charge in [0, 0.05) is 19.6 Å². The van der Waals surface area contributed by atoms with Crippen molar-refractivity contribution in [1.82, 2.24) is 9.80 Å². The summed E-state index contributed by atoms with van der Waals surface area (Å²) in [7, 11) is 0. The Morgan fingerprint density at radius 2 is 2.00 bits per heavy atom. The number of carbonyl (C=O) groups is 1. The second-order valence-electron chi connectivity index (χ2n) is 6.74. The number of likely N-dealkylation sites (tertiary alicyclic amines) is 1. The monoisotopic (exact) mass is 342 g/mol. The molecule has 24 heavy (non-hydrogen) atoms. The zero-order chi connectivity index (χ0) is 17.4. The van der Waals surface area contributed by atoms with Crippen molar-refractivity contribution in [1.29, 1.82) is 0 Å². The quantitative estimate of drug-likeness (QED) is 0.846. The molecule has 2 aliphatic heterocycles. The number of benzene rings is 1. The highest BCUT2D eigenvalue weighted by atomic mass is 19.4. The topological polar surface area (TPSA) is 32.8 Å². The van der Waals surface area contributed by atoms with Crippen molar-refractivity contribution >= 4 is 5.91 Å². The number of hydrogen-bond acceptors (Lipinski definition) is 3. The van der Waals surface area contributed by atoms with Gasteiger partial charge in [-0.15, -0.1) is 0 Å². The predicted octanol–water partition coefficient (Wildman–Crippen LogP) is 2.44. The van der Waals surface area contributed by atoms with Crippen molar-refractivity contribution in [3.05, 3.63) is 35.9 Å². The van der Waals surface area contributed by atoms with Crippen LogP contribution in [-0.2, 0) is 16.1 Å². The minimum absolute atomic E-state index is 0.0836. The van der Waals surface area contributed by atoms with Crippen molar-refractivity contribution < 1.29 is 22.7 Å².